The summed E-state index contributed by atoms with van der Waals surface area (Å²) in [5, 5.41) is 1.49. The summed E-state index contributed by atoms with van der Waals surface area (Å²) in [6, 6.07) is 8.24. The summed E-state index contributed by atoms with van der Waals surface area (Å²) in [7, 11) is 0. The molecule has 1 saturated carbocycles. The molecule has 2 heterocycles. The lowest BCUT2D eigenvalue weighted by Crippen LogP contribution is -1.94. The molecule has 0 unspecified atom stereocenters. The number of hydrogen-bond acceptors (Lipinski definition) is 2. The molecular weight excluding hydrogens is 258 g/mol. The molecule has 0 saturated heterocycles. The number of nitrogens with one attached hydrogen (secondary N) is 1. The van der Waals surface area contributed by atoms with Crippen molar-refractivity contribution < 1.29 is 0 Å². The van der Waals surface area contributed by atoms with E-state index in [0.717, 1.165) is 16.8 Å². The first-order valence-electron chi connectivity index (χ1n) is 6.42. The van der Waals surface area contributed by atoms with Gasteiger partial charge in [-0.05, 0) is 36.4 Å². The molecular formula is C15H12ClN3. The van der Waals surface area contributed by atoms with Gasteiger partial charge in [-0.25, -0.2) is 9.97 Å². The van der Waals surface area contributed by atoms with Crippen LogP contribution in [0.3, 0.4) is 0 Å². The van der Waals surface area contributed by atoms with E-state index in [4.69, 9.17) is 11.6 Å². The van der Waals surface area contributed by atoms with Crippen molar-refractivity contribution in [2.75, 3.05) is 0 Å². The number of nitrogens with zero attached hydrogens (tertiary/aromatic N) is 2. The van der Waals surface area contributed by atoms with Gasteiger partial charge in [-0.15, -0.1) is 0 Å². The summed E-state index contributed by atoms with van der Waals surface area (Å²) in [6.07, 6.45) is 6.33. The third-order valence-corrected chi connectivity index (χ3v) is 3.83. The second-order valence-corrected chi connectivity index (χ2v) is 5.30. The van der Waals surface area contributed by atoms with E-state index in [1.807, 2.05) is 24.5 Å². The zero-order valence-electron chi connectivity index (χ0n) is 10.2. The van der Waals surface area contributed by atoms with Crippen LogP contribution in [-0.4, -0.2) is 15.0 Å². The van der Waals surface area contributed by atoms with Crippen LogP contribution in [0.2, 0.25) is 5.28 Å². The highest BCUT2D eigenvalue weighted by Crippen LogP contribution is 2.44. The first-order valence-corrected chi connectivity index (χ1v) is 6.79. The van der Waals surface area contributed by atoms with Gasteiger partial charge >= 0.3 is 0 Å². The molecule has 0 radical (unpaired) electrons. The molecule has 1 fully saturated rings. The van der Waals surface area contributed by atoms with Gasteiger partial charge in [0.05, 0.1) is 5.69 Å². The average Bonchev–Trinajstić information content (AvgIpc) is 3.18. The van der Waals surface area contributed by atoms with Crippen molar-refractivity contribution in [2.24, 2.45) is 0 Å². The van der Waals surface area contributed by atoms with Gasteiger partial charge in [0, 0.05) is 34.4 Å². The summed E-state index contributed by atoms with van der Waals surface area (Å²) in [4.78, 5) is 11.9. The highest BCUT2D eigenvalue weighted by Gasteiger charge is 2.28. The van der Waals surface area contributed by atoms with E-state index in [9.17, 15) is 0 Å². The molecule has 0 amide bonds. The van der Waals surface area contributed by atoms with Crippen molar-refractivity contribution in [1.29, 1.82) is 0 Å². The molecule has 4 heteroatoms. The molecule has 2 aromatic heterocycles. The van der Waals surface area contributed by atoms with Gasteiger partial charge in [0.25, 0.3) is 0 Å². The first kappa shape index (κ1) is 11.0. The maximum Gasteiger partial charge on any atom is 0.222 e. The average molecular weight is 270 g/mol. The maximum atomic E-state index is 5.98. The van der Waals surface area contributed by atoms with E-state index < -0.39 is 0 Å². The van der Waals surface area contributed by atoms with Gasteiger partial charge < -0.3 is 4.98 Å². The maximum absolute atomic E-state index is 5.98. The number of rotatable bonds is 2. The highest BCUT2D eigenvalue weighted by molar-refractivity contribution is 6.28. The molecule has 3 aromatic rings. The number of halogens is 1. The number of fused-ring (bicyclic) bond motifs is 1. The van der Waals surface area contributed by atoms with Gasteiger partial charge in [0.15, 0.2) is 0 Å². The van der Waals surface area contributed by atoms with Crippen LogP contribution < -0.4 is 0 Å². The molecule has 0 spiro atoms. The molecule has 0 aliphatic heterocycles. The number of hydrogen-bond donors (Lipinski definition) is 1. The minimum Gasteiger partial charge on any atom is -0.360 e. The minimum atomic E-state index is 0.310. The van der Waals surface area contributed by atoms with Crippen molar-refractivity contribution in [1.82, 2.24) is 15.0 Å². The minimum absolute atomic E-state index is 0.310. The van der Waals surface area contributed by atoms with Crippen LogP contribution in [0.25, 0.3) is 22.2 Å². The molecule has 1 aliphatic rings. The lowest BCUT2D eigenvalue weighted by atomic mass is 10.0. The van der Waals surface area contributed by atoms with Crippen LogP contribution in [0.15, 0.2) is 36.7 Å². The van der Waals surface area contributed by atoms with Crippen LogP contribution in [0, 0.1) is 0 Å². The first-order chi connectivity index (χ1) is 9.33. The van der Waals surface area contributed by atoms with Crippen LogP contribution >= 0.6 is 11.6 Å². The normalized spacial score (nSPS) is 15.0. The van der Waals surface area contributed by atoms with Gasteiger partial charge in [0.1, 0.15) is 0 Å². The van der Waals surface area contributed by atoms with Crippen LogP contribution in [0.5, 0.6) is 0 Å². The third-order valence-electron chi connectivity index (χ3n) is 3.65. The fraction of sp³-hybridized carbons (Fsp3) is 0.200. The van der Waals surface area contributed by atoms with Gasteiger partial charge in [-0.1, -0.05) is 18.2 Å². The Hall–Kier alpha value is -1.87. The van der Waals surface area contributed by atoms with Crippen molar-refractivity contribution in [3.8, 4) is 11.3 Å². The number of aromatic amines is 1. The fourth-order valence-corrected chi connectivity index (χ4v) is 2.68. The Morgan fingerprint density at radius 1 is 1.21 bits per heavy atom. The molecule has 1 aromatic carbocycles. The summed E-state index contributed by atoms with van der Waals surface area (Å²) in [5.41, 5.74) is 4.42. The third kappa shape index (κ3) is 1.81. The van der Waals surface area contributed by atoms with Crippen LogP contribution in [-0.2, 0) is 0 Å². The molecule has 1 aliphatic carbocycles. The molecule has 19 heavy (non-hydrogen) atoms. The number of H-pyrrole nitrogens is 1. The van der Waals surface area contributed by atoms with E-state index in [1.54, 1.807) is 0 Å². The van der Waals surface area contributed by atoms with E-state index in [0.29, 0.717) is 11.2 Å². The highest BCUT2D eigenvalue weighted by atomic mass is 35.5. The van der Waals surface area contributed by atoms with Crippen molar-refractivity contribution >= 4 is 22.5 Å². The SMILES string of the molecule is Clc1ncc(C2CC2)c(-c2c[nH]c3ccccc23)n1. The molecule has 0 atom stereocenters. The summed E-state index contributed by atoms with van der Waals surface area (Å²) < 4.78 is 0. The molecule has 4 rings (SSSR count). The van der Waals surface area contributed by atoms with Crippen molar-refractivity contribution in [2.45, 2.75) is 18.8 Å². The summed E-state index contributed by atoms with van der Waals surface area (Å²) in [5.74, 6) is 0.598. The second-order valence-electron chi connectivity index (χ2n) is 4.97. The fourth-order valence-electron chi connectivity index (χ4n) is 2.55. The molecule has 0 bridgehead atoms. The zero-order valence-corrected chi connectivity index (χ0v) is 11.0. The predicted octanol–water partition coefficient (Wildman–Crippen LogP) is 4.16. The largest absolute Gasteiger partial charge is 0.360 e. The number of aromatic nitrogens is 3. The van der Waals surface area contributed by atoms with Gasteiger partial charge in [0.2, 0.25) is 5.28 Å². The Morgan fingerprint density at radius 3 is 2.89 bits per heavy atom. The Morgan fingerprint density at radius 2 is 2.05 bits per heavy atom. The zero-order chi connectivity index (χ0) is 12.8. The summed E-state index contributed by atoms with van der Waals surface area (Å²) >= 11 is 5.98. The number of benzene rings is 1. The monoisotopic (exact) mass is 269 g/mol. The number of para-hydroxylation sites is 1. The Balaban J connectivity index is 1.98. The Kier molecular flexibility index (Phi) is 2.35. The van der Waals surface area contributed by atoms with E-state index in [1.165, 1.54) is 23.8 Å². The lowest BCUT2D eigenvalue weighted by molar-refractivity contribution is 1.04. The molecule has 1 N–H and O–H groups in total. The van der Waals surface area contributed by atoms with E-state index in [-0.39, 0.29) is 0 Å². The topological polar surface area (TPSA) is 41.6 Å². The summed E-state index contributed by atoms with van der Waals surface area (Å²) in [6.45, 7) is 0. The Bertz CT molecular complexity index is 759. The van der Waals surface area contributed by atoms with Crippen LogP contribution in [0.1, 0.15) is 24.3 Å². The standard InChI is InChI=1S/C15H12ClN3/c16-15-18-7-11(9-5-6-9)14(19-15)12-8-17-13-4-2-1-3-10(12)13/h1-4,7-9,17H,5-6H2. The smallest absolute Gasteiger partial charge is 0.222 e. The van der Waals surface area contributed by atoms with Crippen LogP contribution in [0.4, 0.5) is 0 Å². The van der Waals surface area contributed by atoms with E-state index >= 15 is 0 Å². The van der Waals surface area contributed by atoms with Gasteiger partial charge in [-0.2, -0.15) is 0 Å². The van der Waals surface area contributed by atoms with Gasteiger partial charge in [-0.3, -0.25) is 0 Å². The van der Waals surface area contributed by atoms with E-state index in [2.05, 4.69) is 27.1 Å². The Labute approximate surface area is 115 Å². The van der Waals surface area contributed by atoms with Crippen molar-refractivity contribution in [3.05, 3.63) is 47.5 Å². The lowest BCUT2D eigenvalue weighted by Gasteiger charge is -2.06. The molecule has 94 valence electrons. The second kappa shape index (κ2) is 4.07. The molecule has 3 nitrogen and oxygen atoms in total. The quantitative estimate of drug-likeness (QED) is 0.710. The predicted molar refractivity (Wildman–Crippen MR) is 76.3 cm³/mol. The van der Waals surface area contributed by atoms with Crippen molar-refractivity contribution in [3.63, 3.8) is 0 Å².